The SMILES string of the molecule is [2H]C1CCNCC1F. The molecule has 1 nitrogen and oxygen atoms in total. The van der Waals surface area contributed by atoms with Crippen molar-refractivity contribution in [2.75, 3.05) is 13.1 Å². The quantitative estimate of drug-likeness (QED) is 0.477. The Kier molecular flexibility index (Phi) is 1.24. The van der Waals surface area contributed by atoms with Gasteiger partial charge in [0.15, 0.2) is 0 Å². The third-order valence-electron chi connectivity index (χ3n) is 1.08. The number of alkyl halides is 1. The van der Waals surface area contributed by atoms with Crippen molar-refractivity contribution in [1.82, 2.24) is 5.32 Å². The molecule has 0 aromatic heterocycles. The van der Waals surface area contributed by atoms with Crippen molar-refractivity contribution >= 4 is 0 Å². The zero-order valence-electron chi connectivity index (χ0n) is 5.15. The zero-order valence-corrected chi connectivity index (χ0v) is 4.15. The molecule has 42 valence electrons. The van der Waals surface area contributed by atoms with Crippen molar-refractivity contribution in [3.63, 3.8) is 0 Å². The Morgan fingerprint density at radius 2 is 2.71 bits per heavy atom. The highest BCUT2D eigenvalue weighted by Crippen LogP contribution is 2.03. The van der Waals surface area contributed by atoms with Gasteiger partial charge in [0.2, 0.25) is 0 Å². The molecule has 0 aliphatic carbocycles. The maximum absolute atomic E-state index is 12.3. The lowest BCUT2D eigenvalue weighted by Gasteiger charge is -2.14. The van der Waals surface area contributed by atoms with E-state index in [4.69, 9.17) is 1.37 Å². The summed E-state index contributed by atoms with van der Waals surface area (Å²) in [5.41, 5.74) is 0. The predicted octanol–water partition coefficient (Wildman–Crippen LogP) is 0.708. The molecular formula is C5H10FN. The third-order valence-corrected chi connectivity index (χ3v) is 1.08. The normalized spacial score (nSPS) is 45.6. The minimum absolute atomic E-state index is 0.369. The Labute approximate surface area is 44.3 Å². The van der Waals surface area contributed by atoms with E-state index >= 15 is 0 Å². The molecule has 7 heavy (non-hydrogen) atoms. The summed E-state index contributed by atoms with van der Waals surface area (Å²) in [7, 11) is 0. The fourth-order valence-electron chi connectivity index (χ4n) is 0.690. The second-order valence-corrected chi connectivity index (χ2v) is 1.74. The number of halogens is 1. The Bertz CT molecular complexity index is 68.8. The lowest BCUT2D eigenvalue weighted by atomic mass is 10.1. The van der Waals surface area contributed by atoms with Gasteiger partial charge in [-0.15, -0.1) is 0 Å². The van der Waals surface area contributed by atoms with Crippen LogP contribution in [0.15, 0.2) is 0 Å². The van der Waals surface area contributed by atoms with Crippen molar-refractivity contribution < 1.29 is 5.76 Å². The molecule has 0 amide bonds. The van der Waals surface area contributed by atoms with Crippen LogP contribution in [0.1, 0.15) is 14.2 Å². The molecule has 0 aromatic carbocycles. The van der Waals surface area contributed by atoms with E-state index in [0.29, 0.717) is 13.0 Å². The van der Waals surface area contributed by atoms with E-state index < -0.39 is 12.6 Å². The van der Waals surface area contributed by atoms with E-state index in [1.165, 1.54) is 0 Å². The van der Waals surface area contributed by atoms with Crippen molar-refractivity contribution in [2.24, 2.45) is 0 Å². The average molecular weight is 104 g/mol. The monoisotopic (exact) mass is 104 g/mol. The molecule has 0 spiro atoms. The highest BCUT2D eigenvalue weighted by Gasteiger charge is 2.08. The van der Waals surface area contributed by atoms with E-state index in [1.807, 2.05) is 0 Å². The molecule has 1 heterocycles. The summed E-state index contributed by atoms with van der Waals surface area (Å²) in [4.78, 5) is 0. The first-order chi connectivity index (χ1) is 3.80. The Hall–Kier alpha value is -0.110. The van der Waals surface area contributed by atoms with Gasteiger partial charge in [0.05, 0.1) is 0 Å². The summed E-state index contributed by atoms with van der Waals surface area (Å²) in [6.07, 6.45) is -0.763. The molecule has 0 aromatic rings. The van der Waals surface area contributed by atoms with Gasteiger partial charge in [-0.2, -0.15) is 0 Å². The molecule has 0 bridgehead atoms. The maximum Gasteiger partial charge on any atom is 0.113 e. The molecule has 2 atom stereocenters. The molecular weight excluding hydrogens is 93.1 g/mol. The highest BCUT2D eigenvalue weighted by molar-refractivity contribution is 4.66. The van der Waals surface area contributed by atoms with E-state index in [0.717, 1.165) is 6.54 Å². The summed E-state index contributed by atoms with van der Waals surface area (Å²) >= 11 is 0. The molecule has 1 fully saturated rings. The van der Waals surface area contributed by atoms with E-state index in [1.54, 1.807) is 0 Å². The van der Waals surface area contributed by atoms with Gasteiger partial charge in [-0.1, -0.05) is 0 Å². The molecule has 1 aliphatic heterocycles. The minimum atomic E-state index is -0.941. The van der Waals surface area contributed by atoms with Gasteiger partial charge in [0.1, 0.15) is 6.17 Å². The topological polar surface area (TPSA) is 12.0 Å². The first kappa shape index (κ1) is 3.84. The van der Waals surface area contributed by atoms with Gasteiger partial charge in [0, 0.05) is 7.92 Å². The van der Waals surface area contributed by atoms with E-state index in [2.05, 4.69) is 5.32 Å². The van der Waals surface area contributed by atoms with Crippen LogP contribution in [0.3, 0.4) is 0 Å². The van der Waals surface area contributed by atoms with Gasteiger partial charge in [-0.25, -0.2) is 4.39 Å². The van der Waals surface area contributed by atoms with Crippen LogP contribution in [-0.4, -0.2) is 19.3 Å². The average Bonchev–Trinajstić information content (AvgIpc) is 1.77. The Balaban J connectivity index is 2.28. The summed E-state index contributed by atoms with van der Waals surface area (Å²) < 4.78 is 19.4. The molecule has 1 rings (SSSR count). The second kappa shape index (κ2) is 2.26. The molecule has 1 saturated heterocycles. The van der Waals surface area contributed by atoms with Gasteiger partial charge >= 0.3 is 0 Å². The number of rotatable bonds is 0. The Morgan fingerprint density at radius 3 is 3.14 bits per heavy atom. The van der Waals surface area contributed by atoms with Crippen molar-refractivity contribution in [2.45, 2.75) is 19.0 Å². The van der Waals surface area contributed by atoms with Crippen molar-refractivity contribution in [3.05, 3.63) is 0 Å². The van der Waals surface area contributed by atoms with Gasteiger partial charge < -0.3 is 5.32 Å². The predicted molar refractivity (Wildman–Crippen MR) is 27.0 cm³/mol. The van der Waals surface area contributed by atoms with Crippen LogP contribution in [0.25, 0.3) is 0 Å². The van der Waals surface area contributed by atoms with Crippen molar-refractivity contribution in [1.29, 1.82) is 0 Å². The standard InChI is InChI=1S/C5H10FN/c6-5-2-1-3-7-4-5/h5,7H,1-4H2/i2D. The second-order valence-electron chi connectivity index (χ2n) is 1.74. The molecule has 1 N–H and O–H groups in total. The summed E-state index contributed by atoms with van der Waals surface area (Å²) in [6, 6.07) is 0. The largest absolute Gasteiger partial charge is 0.314 e. The number of hydrogen-bond acceptors (Lipinski definition) is 1. The van der Waals surface area contributed by atoms with E-state index in [-0.39, 0.29) is 0 Å². The van der Waals surface area contributed by atoms with Gasteiger partial charge in [0.25, 0.3) is 0 Å². The first-order valence-electron chi connectivity index (χ1n) is 3.15. The molecule has 0 radical (unpaired) electrons. The minimum Gasteiger partial charge on any atom is -0.314 e. The molecule has 2 heteroatoms. The van der Waals surface area contributed by atoms with Crippen LogP contribution >= 0.6 is 0 Å². The summed E-state index contributed by atoms with van der Waals surface area (Å²) in [6.45, 7) is 1.17. The third kappa shape index (κ3) is 1.43. The molecule has 1 aliphatic rings. The summed E-state index contributed by atoms with van der Waals surface area (Å²) in [5.74, 6) is 0. The fraction of sp³-hybridized carbons (Fsp3) is 1.00. The van der Waals surface area contributed by atoms with Crippen LogP contribution < -0.4 is 5.32 Å². The van der Waals surface area contributed by atoms with Crippen molar-refractivity contribution in [3.8, 4) is 0 Å². The highest BCUT2D eigenvalue weighted by atomic mass is 19.1. The van der Waals surface area contributed by atoms with E-state index in [9.17, 15) is 4.39 Å². The molecule has 2 unspecified atom stereocenters. The number of nitrogens with one attached hydrogen (secondary N) is 1. The zero-order chi connectivity index (χ0) is 5.98. The van der Waals surface area contributed by atoms with Gasteiger partial charge in [-0.05, 0) is 19.4 Å². The maximum atomic E-state index is 12.3. The first-order valence-corrected chi connectivity index (χ1v) is 2.58. The molecule has 0 saturated carbocycles. The fourth-order valence-corrected chi connectivity index (χ4v) is 0.690. The van der Waals surface area contributed by atoms with Crippen LogP contribution in [0.2, 0.25) is 0 Å². The lowest BCUT2D eigenvalue weighted by Crippen LogP contribution is -2.30. The van der Waals surface area contributed by atoms with Crippen LogP contribution in [0.5, 0.6) is 0 Å². The number of hydrogen-bond donors (Lipinski definition) is 1. The lowest BCUT2D eigenvalue weighted by molar-refractivity contribution is 0.266. The summed E-state index contributed by atoms with van der Waals surface area (Å²) in [5, 5.41) is 2.87. The van der Waals surface area contributed by atoms with Crippen LogP contribution in [-0.2, 0) is 0 Å². The van der Waals surface area contributed by atoms with Gasteiger partial charge in [-0.3, -0.25) is 0 Å². The smallest absolute Gasteiger partial charge is 0.113 e. The van der Waals surface area contributed by atoms with Crippen LogP contribution in [0.4, 0.5) is 4.39 Å². The number of piperidine rings is 1. The Morgan fingerprint density at radius 1 is 1.86 bits per heavy atom. The van der Waals surface area contributed by atoms with Crippen LogP contribution in [0, 0.1) is 0 Å².